The molecule has 1 atom stereocenters. The molecule has 1 spiro atoms. The number of hydrogen-bond acceptors (Lipinski definition) is 0. The Morgan fingerprint density at radius 1 is 0.556 bits per heavy atom. The Morgan fingerprint density at radius 2 is 1.07 bits per heavy atom. The molecule has 1 unspecified atom stereocenters. The topological polar surface area (TPSA) is 0 Å². The van der Waals surface area contributed by atoms with Gasteiger partial charge in [-0.3, -0.25) is 0 Å². The highest BCUT2D eigenvalue weighted by Crippen LogP contribution is 2.62. The van der Waals surface area contributed by atoms with Gasteiger partial charge in [0.15, 0.2) is 0 Å². The van der Waals surface area contributed by atoms with Crippen molar-refractivity contribution in [1.29, 1.82) is 0 Å². The van der Waals surface area contributed by atoms with Crippen molar-refractivity contribution in [2.24, 2.45) is 0 Å². The molecule has 4 aromatic carbocycles. The van der Waals surface area contributed by atoms with E-state index >= 15 is 0 Å². The van der Waals surface area contributed by atoms with Crippen LogP contribution >= 0.6 is 15.9 Å². The first-order valence-corrected chi connectivity index (χ1v) is 10.1. The van der Waals surface area contributed by atoms with Gasteiger partial charge in [0.2, 0.25) is 0 Å². The van der Waals surface area contributed by atoms with Crippen molar-refractivity contribution in [2.75, 3.05) is 0 Å². The van der Waals surface area contributed by atoms with Gasteiger partial charge in [-0.25, -0.2) is 0 Å². The molecule has 0 saturated carbocycles. The predicted octanol–water partition coefficient (Wildman–Crippen LogP) is 7.10. The molecule has 0 aromatic heterocycles. The maximum absolute atomic E-state index is 3.73. The molecule has 27 heavy (non-hydrogen) atoms. The zero-order chi connectivity index (χ0) is 18.2. The van der Waals surface area contributed by atoms with E-state index in [1.165, 1.54) is 50.1 Å². The number of hydrogen-bond donors (Lipinski definition) is 0. The maximum atomic E-state index is 3.73. The fraction of sp³-hybridized carbons (Fsp3) is 0.0769. The Morgan fingerprint density at radius 3 is 1.74 bits per heavy atom. The summed E-state index contributed by atoms with van der Waals surface area (Å²) in [4.78, 5) is 0. The fourth-order valence-corrected chi connectivity index (χ4v) is 5.59. The molecule has 0 amide bonds. The van der Waals surface area contributed by atoms with E-state index in [1.54, 1.807) is 0 Å². The van der Waals surface area contributed by atoms with Gasteiger partial charge in [0, 0.05) is 4.47 Å². The second-order valence-electron chi connectivity index (χ2n) is 7.58. The van der Waals surface area contributed by atoms with Gasteiger partial charge in [0.1, 0.15) is 0 Å². The van der Waals surface area contributed by atoms with E-state index in [0.29, 0.717) is 0 Å². The summed E-state index contributed by atoms with van der Waals surface area (Å²) >= 11 is 3.73. The van der Waals surface area contributed by atoms with Gasteiger partial charge in [-0.05, 0) is 63.6 Å². The van der Waals surface area contributed by atoms with Crippen molar-refractivity contribution in [3.63, 3.8) is 0 Å². The summed E-state index contributed by atoms with van der Waals surface area (Å²) in [6.07, 6.45) is 0. The largest absolute Gasteiger partial charge is 0.0726 e. The predicted molar refractivity (Wildman–Crippen MR) is 115 cm³/mol. The molecule has 4 aromatic rings. The molecule has 1 heteroatoms. The number of rotatable bonds is 0. The Hall–Kier alpha value is -2.64. The molecule has 0 aliphatic heterocycles. The average molecular weight is 409 g/mol. The summed E-state index contributed by atoms with van der Waals surface area (Å²) in [5, 5.41) is 0. The summed E-state index contributed by atoms with van der Waals surface area (Å²) in [6, 6.07) is 31.5. The second kappa shape index (κ2) is 5.21. The van der Waals surface area contributed by atoms with Gasteiger partial charge >= 0.3 is 0 Å². The number of halogens is 1. The molecule has 0 fully saturated rings. The van der Waals surface area contributed by atoms with Crippen molar-refractivity contribution in [1.82, 2.24) is 0 Å². The van der Waals surface area contributed by atoms with Crippen LogP contribution in [0.3, 0.4) is 0 Å². The highest BCUT2D eigenvalue weighted by atomic mass is 79.9. The van der Waals surface area contributed by atoms with Crippen LogP contribution in [0.4, 0.5) is 0 Å². The fourth-order valence-electron chi connectivity index (χ4n) is 5.23. The normalized spacial score (nSPS) is 18.1. The second-order valence-corrected chi connectivity index (χ2v) is 8.50. The molecule has 0 nitrogen and oxygen atoms in total. The maximum Gasteiger partial charge on any atom is 0.0726 e. The Balaban J connectivity index is 1.88. The molecule has 0 bridgehead atoms. The molecule has 2 aliphatic rings. The monoisotopic (exact) mass is 408 g/mol. The molecule has 128 valence electrons. The van der Waals surface area contributed by atoms with Crippen LogP contribution in [0.1, 0.15) is 27.8 Å². The van der Waals surface area contributed by atoms with Gasteiger partial charge in [-0.2, -0.15) is 0 Å². The van der Waals surface area contributed by atoms with E-state index in [4.69, 9.17) is 0 Å². The van der Waals surface area contributed by atoms with Crippen molar-refractivity contribution < 1.29 is 0 Å². The van der Waals surface area contributed by atoms with Gasteiger partial charge in [0.05, 0.1) is 5.41 Å². The van der Waals surface area contributed by atoms with Crippen LogP contribution in [0.25, 0.3) is 22.3 Å². The quantitative estimate of drug-likeness (QED) is 0.251. The number of benzene rings is 4. The van der Waals surface area contributed by atoms with Crippen LogP contribution in [0.5, 0.6) is 0 Å². The molecular weight excluding hydrogens is 392 g/mol. The third kappa shape index (κ3) is 1.78. The lowest BCUT2D eigenvalue weighted by atomic mass is 9.70. The highest BCUT2D eigenvalue weighted by Gasteiger charge is 2.51. The lowest BCUT2D eigenvalue weighted by Gasteiger charge is -2.30. The molecule has 0 radical (unpaired) electrons. The summed E-state index contributed by atoms with van der Waals surface area (Å²) in [7, 11) is 0. The molecule has 0 heterocycles. The third-order valence-electron chi connectivity index (χ3n) is 6.21. The van der Waals surface area contributed by atoms with Crippen molar-refractivity contribution in [2.45, 2.75) is 12.3 Å². The van der Waals surface area contributed by atoms with Crippen LogP contribution in [0.2, 0.25) is 0 Å². The van der Waals surface area contributed by atoms with E-state index in [9.17, 15) is 0 Å². The molecule has 0 saturated heterocycles. The Kier molecular flexibility index (Phi) is 2.97. The number of fused-ring (bicyclic) bond motifs is 10. The lowest BCUT2D eigenvalue weighted by molar-refractivity contribution is 0.792. The van der Waals surface area contributed by atoms with Crippen molar-refractivity contribution in [3.8, 4) is 22.3 Å². The summed E-state index contributed by atoms with van der Waals surface area (Å²) in [5.41, 5.74) is 12.1. The Labute approximate surface area is 167 Å². The van der Waals surface area contributed by atoms with Gasteiger partial charge in [-0.1, -0.05) is 94.3 Å². The van der Waals surface area contributed by atoms with Crippen LogP contribution in [0, 0.1) is 6.92 Å². The molecular formula is C26H17Br. The van der Waals surface area contributed by atoms with E-state index in [-0.39, 0.29) is 5.41 Å². The molecule has 0 N–H and O–H groups in total. The first kappa shape index (κ1) is 15.4. The van der Waals surface area contributed by atoms with Gasteiger partial charge in [0.25, 0.3) is 0 Å². The van der Waals surface area contributed by atoms with Crippen LogP contribution in [0.15, 0.2) is 89.4 Å². The van der Waals surface area contributed by atoms with Crippen LogP contribution < -0.4 is 0 Å². The van der Waals surface area contributed by atoms with Gasteiger partial charge in [-0.15, -0.1) is 0 Å². The number of aryl methyl sites for hydroxylation is 1. The smallest absolute Gasteiger partial charge is 0.0619 e. The highest BCUT2D eigenvalue weighted by molar-refractivity contribution is 9.10. The van der Waals surface area contributed by atoms with Crippen LogP contribution in [-0.2, 0) is 5.41 Å². The standard InChI is InChI=1S/C26H17Br/c1-16-10-12-20-18-6-2-4-8-22(18)26(24(20)14-16)23-9-5-3-7-19(23)21-13-11-17(27)15-25(21)26/h2-15H,1H3. The first-order valence-electron chi connectivity index (χ1n) is 9.32. The zero-order valence-corrected chi connectivity index (χ0v) is 16.5. The van der Waals surface area contributed by atoms with E-state index < -0.39 is 0 Å². The van der Waals surface area contributed by atoms with Gasteiger partial charge < -0.3 is 0 Å². The first-order chi connectivity index (χ1) is 13.2. The molecule has 2 aliphatic carbocycles. The summed E-state index contributed by atoms with van der Waals surface area (Å²) in [6.45, 7) is 2.19. The summed E-state index contributed by atoms with van der Waals surface area (Å²) in [5.74, 6) is 0. The lowest BCUT2D eigenvalue weighted by Crippen LogP contribution is -2.25. The van der Waals surface area contributed by atoms with E-state index in [1.807, 2.05) is 0 Å². The van der Waals surface area contributed by atoms with Crippen LogP contribution in [-0.4, -0.2) is 0 Å². The zero-order valence-electron chi connectivity index (χ0n) is 15.0. The van der Waals surface area contributed by atoms with Crippen molar-refractivity contribution in [3.05, 3.63) is 117 Å². The minimum atomic E-state index is -0.229. The van der Waals surface area contributed by atoms with Crippen molar-refractivity contribution >= 4 is 15.9 Å². The molecule has 6 rings (SSSR count). The summed E-state index contributed by atoms with van der Waals surface area (Å²) < 4.78 is 1.13. The average Bonchev–Trinajstić information content (AvgIpc) is 3.14. The van der Waals surface area contributed by atoms with E-state index in [0.717, 1.165) is 4.47 Å². The minimum absolute atomic E-state index is 0.229. The Bertz CT molecular complexity index is 1150. The third-order valence-corrected chi connectivity index (χ3v) is 6.70. The van der Waals surface area contributed by atoms with E-state index in [2.05, 4.69) is 108 Å². The SMILES string of the molecule is Cc1ccc2c(c1)C1(c3ccccc3-2)c2ccccc2-c2ccc(Br)cc21. The minimum Gasteiger partial charge on any atom is -0.0619 e.